The molecule has 1 aliphatic rings. The van der Waals surface area contributed by atoms with E-state index in [2.05, 4.69) is 15.4 Å². The Bertz CT molecular complexity index is 845. The summed E-state index contributed by atoms with van der Waals surface area (Å²) < 4.78 is 29.2. The second kappa shape index (κ2) is 7.70. The molecule has 1 unspecified atom stereocenters. The molecule has 1 atom stereocenters. The first-order valence-corrected chi connectivity index (χ1v) is 8.26. The smallest absolute Gasteiger partial charge is 0.387 e. The number of benzene rings is 2. The second-order valence-electron chi connectivity index (χ2n) is 5.70. The van der Waals surface area contributed by atoms with Crippen LogP contribution in [0.2, 0.25) is 5.02 Å². The van der Waals surface area contributed by atoms with Crippen molar-refractivity contribution >= 4 is 29.1 Å². The minimum Gasteiger partial charge on any atom is -0.433 e. The van der Waals surface area contributed by atoms with Crippen LogP contribution in [-0.4, -0.2) is 18.4 Å². The van der Waals surface area contributed by atoms with Gasteiger partial charge in [0.25, 0.3) is 0 Å². The van der Waals surface area contributed by atoms with E-state index in [1.165, 1.54) is 24.3 Å². The monoisotopic (exact) mass is 380 g/mol. The van der Waals surface area contributed by atoms with Gasteiger partial charge in [0, 0.05) is 5.02 Å². The molecule has 3 rings (SSSR count). The van der Waals surface area contributed by atoms with Gasteiger partial charge in [-0.05, 0) is 42.2 Å². The summed E-state index contributed by atoms with van der Waals surface area (Å²) in [6.07, 6.45) is 1.33. The van der Waals surface area contributed by atoms with Crippen LogP contribution in [0.1, 0.15) is 23.6 Å². The largest absolute Gasteiger partial charge is 0.433 e. The standard InChI is InChI=1S/C18H15ClF2N2O3/c19-12-5-3-4-11-10(12)8-9-13(11)22-16(24)17(25)23-14-6-1-2-7-15(14)26-18(20)21/h1-7,13,18H,8-9H2,(H,22,24)(H,23,25). The molecule has 2 N–H and O–H groups in total. The van der Waals surface area contributed by atoms with Crippen molar-refractivity contribution < 1.29 is 23.1 Å². The van der Waals surface area contributed by atoms with Crippen LogP contribution in [0.25, 0.3) is 0 Å². The summed E-state index contributed by atoms with van der Waals surface area (Å²) in [5.74, 6) is -2.05. The number of hydrogen-bond acceptors (Lipinski definition) is 3. The molecule has 8 heteroatoms. The predicted octanol–water partition coefficient (Wildman–Crippen LogP) is 3.68. The highest BCUT2D eigenvalue weighted by molar-refractivity contribution is 6.39. The molecule has 0 aliphatic heterocycles. The molecule has 0 aromatic heterocycles. The quantitative estimate of drug-likeness (QED) is 0.795. The molecule has 2 amide bonds. The van der Waals surface area contributed by atoms with E-state index in [1.807, 2.05) is 6.07 Å². The molecule has 0 bridgehead atoms. The number of anilines is 1. The maximum Gasteiger partial charge on any atom is 0.387 e. The maximum atomic E-state index is 12.4. The molecule has 0 spiro atoms. The van der Waals surface area contributed by atoms with Gasteiger partial charge >= 0.3 is 18.4 Å². The van der Waals surface area contributed by atoms with E-state index < -0.39 is 18.4 Å². The van der Waals surface area contributed by atoms with E-state index >= 15 is 0 Å². The summed E-state index contributed by atoms with van der Waals surface area (Å²) in [7, 11) is 0. The minimum absolute atomic E-state index is 0.0113. The van der Waals surface area contributed by atoms with Gasteiger partial charge in [0.05, 0.1) is 11.7 Å². The first-order valence-electron chi connectivity index (χ1n) is 7.88. The molecule has 0 saturated carbocycles. The van der Waals surface area contributed by atoms with Crippen molar-refractivity contribution in [2.45, 2.75) is 25.5 Å². The summed E-state index contributed by atoms with van der Waals surface area (Å²) in [6.45, 7) is -3.04. The summed E-state index contributed by atoms with van der Waals surface area (Å²) in [6, 6.07) is 10.7. The number of nitrogens with one attached hydrogen (secondary N) is 2. The third-order valence-electron chi connectivity index (χ3n) is 4.08. The number of alkyl halides is 2. The van der Waals surface area contributed by atoms with E-state index in [9.17, 15) is 18.4 Å². The van der Waals surface area contributed by atoms with Crippen LogP contribution in [0.5, 0.6) is 5.75 Å². The fraction of sp³-hybridized carbons (Fsp3) is 0.222. The van der Waals surface area contributed by atoms with Crippen molar-refractivity contribution in [1.82, 2.24) is 5.32 Å². The molecule has 5 nitrogen and oxygen atoms in total. The first kappa shape index (κ1) is 18.1. The number of rotatable bonds is 4. The number of carbonyl (C=O) groups is 2. The van der Waals surface area contributed by atoms with Crippen molar-refractivity contribution in [2.75, 3.05) is 5.32 Å². The van der Waals surface area contributed by atoms with Crippen LogP contribution < -0.4 is 15.4 Å². The van der Waals surface area contributed by atoms with Gasteiger partial charge in [-0.1, -0.05) is 35.9 Å². The van der Waals surface area contributed by atoms with Gasteiger partial charge in [0.15, 0.2) is 0 Å². The number of halogens is 3. The molecule has 0 heterocycles. The Morgan fingerprint density at radius 1 is 1.12 bits per heavy atom. The Labute approximate surface area is 153 Å². The van der Waals surface area contributed by atoms with E-state index in [1.54, 1.807) is 12.1 Å². The van der Waals surface area contributed by atoms with E-state index in [0.29, 0.717) is 17.9 Å². The molecule has 2 aromatic carbocycles. The van der Waals surface area contributed by atoms with Gasteiger partial charge in [0.1, 0.15) is 5.75 Å². The second-order valence-corrected chi connectivity index (χ2v) is 6.11. The van der Waals surface area contributed by atoms with Crippen molar-refractivity contribution in [1.29, 1.82) is 0 Å². The minimum atomic E-state index is -3.04. The molecule has 0 fully saturated rings. The number of para-hydroxylation sites is 2. The molecule has 26 heavy (non-hydrogen) atoms. The fourth-order valence-electron chi connectivity index (χ4n) is 2.93. The lowest BCUT2D eigenvalue weighted by Crippen LogP contribution is -2.37. The van der Waals surface area contributed by atoms with Gasteiger partial charge in [-0.25, -0.2) is 0 Å². The van der Waals surface area contributed by atoms with Gasteiger partial charge in [0.2, 0.25) is 0 Å². The molecule has 2 aromatic rings. The normalized spacial score (nSPS) is 15.5. The molecular formula is C18H15ClF2N2O3. The van der Waals surface area contributed by atoms with Gasteiger partial charge < -0.3 is 15.4 Å². The fourth-order valence-corrected chi connectivity index (χ4v) is 3.21. The summed E-state index contributed by atoms with van der Waals surface area (Å²) in [4.78, 5) is 24.3. The number of carbonyl (C=O) groups excluding carboxylic acids is 2. The molecule has 136 valence electrons. The van der Waals surface area contributed by atoms with Crippen molar-refractivity contribution in [3.8, 4) is 5.75 Å². The Morgan fingerprint density at radius 3 is 2.65 bits per heavy atom. The zero-order chi connectivity index (χ0) is 18.7. The Balaban J connectivity index is 1.67. The van der Waals surface area contributed by atoms with E-state index in [0.717, 1.165) is 11.1 Å². The summed E-state index contributed by atoms with van der Waals surface area (Å²) in [5.41, 5.74) is 1.82. The zero-order valence-electron chi connectivity index (χ0n) is 13.5. The Hall–Kier alpha value is -2.67. The van der Waals surface area contributed by atoms with Crippen LogP contribution in [-0.2, 0) is 16.0 Å². The van der Waals surface area contributed by atoms with Gasteiger partial charge in [-0.3, -0.25) is 9.59 Å². The van der Waals surface area contributed by atoms with Crippen LogP contribution in [0.15, 0.2) is 42.5 Å². The summed E-state index contributed by atoms with van der Waals surface area (Å²) in [5, 5.41) is 5.56. The number of ether oxygens (including phenoxy) is 1. The Morgan fingerprint density at radius 2 is 1.88 bits per heavy atom. The van der Waals surface area contributed by atoms with E-state index in [4.69, 9.17) is 11.6 Å². The summed E-state index contributed by atoms with van der Waals surface area (Å²) >= 11 is 6.13. The average Bonchev–Trinajstić information content (AvgIpc) is 3.00. The molecule has 1 aliphatic carbocycles. The predicted molar refractivity (Wildman–Crippen MR) is 92.4 cm³/mol. The Kier molecular flexibility index (Phi) is 5.37. The number of amides is 2. The van der Waals surface area contributed by atoms with Crippen LogP contribution in [0.4, 0.5) is 14.5 Å². The number of hydrogen-bond donors (Lipinski definition) is 2. The first-order chi connectivity index (χ1) is 12.5. The molecule has 0 saturated heterocycles. The zero-order valence-corrected chi connectivity index (χ0v) is 14.2. The highest BCUT2D eigenvalue weighted by Crippen LogP contribution is 2.35. The van der Waals surface area contributed by atoms with Gasteiger partial charge in [-0.15, -0.1) is 0 Å². The lowest BCUT2D eigenvalue weighted by molar-refractivity contribution is -0.136. The van der Waals surface area contributed by atoms with Crippen LogP contribution in [0.3, 0.4) is 0 Å². The lowest BCUT2D eigenvalue weighted by atomic mass is 10.1. The third kappa shape index (κ3) is 3.94. The highest BCUT2D eigenvalue weighted by Gasteiger charge is 2.27. The topological polar surface area (TPSA) is 67.4 Å². The van der Waals surface area contributed by atoms with Crippen LogP contribution >= 0.6 is 11.6 Å². The van der Waals surface area contributed by atoms with E-state index in [-0.39, 0.29) is 17.5 Å². The molecule has 0 radical (unpaired) electrons. The van der Waals surface area contributed by atoms with Crippen molar-refractivity contribution in [2.24, 2.45) is 0 Å². The SMILES string of the molecule is O=C(Nc1ccccc1OC(F)F)C(=O)NC1CCc2c(Cl)cccc21. The average molecular weight is 381 g/mol. The molecular weight excluding hydrogens is 366 g/mol. The van der Waals surface area contributed by atoms with Crippen molar-refractivity contribution in [3.63, 3.8) is 0 Å². The van der Waals surface area contributed by atoms with Gasteiger partial charge in [-0.2, -0.15) is 8.78 Å². The van der Waals surface area contributed by atoms with Crippen LogP contribution in [0, 0.1) is 0 Å². The van der Waals surface area contributed by atoms with Crippen molar-refractivity contribution in [3.05, 3.63) is 58.6 Å². The lowest BCUT2D eigenvalue weighted by Gasteiger charge is -2.15. The third-order valence-corrected chi connectivity index (χ3v) is 4.43. The maximum absolute atomic E-state index is 12.4. The number of fused-ring (bicyclic) bond motifs is 1. The highest BCUT2D eigenvalue weighted by atomic mass is 35.5.